The average molecular weight is 557 g/mol. The predicted molar refractivity (Wildman–Crippen MR) is 157 cm³/mol. The van der Waals surface area contributed by atoms with Crippen molar-refractivity contribution in [1.82, 2.24) is 9.97 Å². The van der Waals surface area contributed by atoms with Gasteiger partial charge < -0.3 is 15.8 Å². The number of thioether (sulfide) groups is 1. The number of nitriles is 2. The molecule has 0 aliphatic carbocycles. The third-order valence-electron chi connectivity index (χ3n) is 6.10. The average Bonchev–Trinajstić information content (AvgIpc) is 3.32. The lowest BCUT2D eigenvalue weighted by atomic mass is 9.94. The highest BCUT2D eigenvalue weighted by atomic mass is 32.2. The van der Waals surface area contributed by atoms with Gasteiger partial charge in [0, 0.05) is 5.56 Å². The van der Waals surface area contributed by atoms with Crippen LogP contribution in [0.25, 0.3) is 21.3 Å². The van der Waals surface area contributed by atoms with E-state index in [1.54, 1.807) is 0 Å². The Hall–Kier alpha value is -4.12. The first kappa shape index (κ1) is 27.9. The van der Waals surface area contributed by atoms with Crippen LogP contribution >= 0.6 is 23.1 Å². The summed E-state index contributed by atoms with van der Waals surface area (Å²) >= 11 is 2.52. The SMILES string of the molecule is CCOc1ccc2nc(NC(=O)C(CC)Sc3nc(N)c(C#N)c(-c4ccc(C(C)C)cc4)c3C#N)sc2c1. The van der Waals surface area contributed by atoms with E-state index in [1.807, 2.05) is 56.3 Å². The van der Waals surface area contributed by atoms with E-state index >= 15 is 0 Å². The van der Waals surface area contributed by atoms with Crippen LogP contribution in [-0.4, -0.2) is 27.7 Å². The second kappa shape index (κ2) is 12.2. The van der Waals surface area contributed by atoms with Crippen molar-refractivity contribution in [3.63, 3.8) is 0 Å². The summed E-state index contributed by atoms with van der Waals surface area (Å²) in [6, 6.07) is 17.6. The molecule has 0 saturated carbocycles. The lowest BCUT2D eigenvalue weighted by molar-refractivity contribution is -0.115. The van der Waals surface area contributed by atoms with E-state index in [-0.39, 0.29) is 22.9 Å². The Bertz CT molecular complexity index is 1600. The van der Waals surface area contributed by atoms with E-state index in [0.29, 0.717) is 40.2 Å². The normalized spacial score (nSPS) is 11.7. The van der Waals surface area contributed by atoms with Crippen molar-refractivity contribution in [3.8, 4) is 29.0 Å². The van der Waals surface area contributed by atoms with Crippen molar-refractivity contribution in [2.45, 2.75) is 50.3 Å². The van der Waals surface area contributed by atoms with Crippen LogP contribution in [0.2, 0.25) is 0 Å². The smallest absolute Gasteiger partial charge is 0.239 e. The zero-order valence-electron chi connectivity index (χ0n) is 22.1. The lowest BCUT2D eigenvalue weighted by Gasteiger charge is -2.17. The van der Waals surface area contributed by atoms with E-state index < -0.39 is 5.25 Å². The number of fused-ring (bicyclic) bond motifs is 1. The Labute approximate surface area is 235 Å². The lowest BCUT2D eigenvalue weighted by Crippen LogP contribution is -2.25. The van der Waals surface area contributed by atoms with Crippen molar-refractivity contribution >= 4 is 50.2 Å². The molecule has 2 heterocycles. The Balaban J connectivity index is 1.65. The summed E-state index contributed by atoms with van der Waals surface area (Å²) in [5, 5.41) is 23.1. The highest BCUT2D eigenvalue weighted by molar-refractivity contribution is 8.00. The van der Waals surface area contributed by atoms with Gasteiger partial charge in [-0.25, -0.2) is 9.97 Å². The highest BCUT2D eigenvalue weighted by Gasteiger charge is 2.26. The monoisotopic (exact) mass is 556 g/mol. The summed E-state index contributed by atoms with van der Waals surface area (Å²) in [6.07, 6.45) is 0.473. The highest BCUT2D eigenvalue weighted by Crippen LogP contribution is 2.38. The van der Waals surface area contributed by atoms with Crippen molar-refractivity contribution in [2.75, 3.05) is 17.7 Å². The minimum atomic E-state index is -0.570. The molecule has 1 unspecified atom stereocenters. The van der Waals surface area contributed by atoms with Gasteiger partial charge in [0.25, 0.3) is 0 Å². The van der Waals surface area contributed by atoms with Crippen LogP contribution in [0.3, 0.4) is 0 Å². The number of aromatic nitrogens is 2. The second-order valence-corrected chi connectivity index (χ2v) is 11.2. The molecule has 198 valence electrons. The van der Waals surface area contributed by atoms with Gasteiger partial charge >= 0.3 is 0 Å². The Morgan fingerprint density at radius 1 is 1.10 bits per heavy atom. The number of amides is 1. The first-order valence-corrected chi connectivity index (χ1v) is 14.2. The molecule has 0 spiro atoms. The number of nitrogens with zero attached hydrogens (tertiary/aromatic N) is 4. The van der Waals surface area contributed by atoms with E-state index in [0.717, 1.165) is 33.3 Å². The van der Waals surface area contributed by atoms with Crippen LogP contribution in [0.4, 0.5) is 10.9 Å². The zero-order valence-corrected chi connectivity index (χ0v) is 23.7. The number of nitrogens with two attached hydrogens (primary N) is 1. The third kappa shape index (κ3) is 5.98. The van der Waals surface area contributed by atoms with Crippen molar-refractivity contribution in [1.29, 1.82) is 10.5 Å². The van der Waals surface area contributed by atoms with Gasteiger partial charge in [0.05, 0.1) is 27.6 Å². The molecule has 0 saturated heterocycles. The summed E-state index contributed by atoms with van der Waals surface area (Å²) in [5.41, 5.74) is 9.58. The number of hydrogen-bond acceptors (Lipinski definition) is 9. The number of nitrogens with one attached hydrogen (secondary N) is 1. The molecule has 2 aromatic carbocycles. The van der Waals surface area contributed by atoms with Gasteiger partial charge in [-0.2, -0.15) is 10.5 Å². The van der Waals surface area contributed by atoms with E-state index in [4.69, 9.17) is 10.5 Å². The van der Waals surface area contributed by atoms with Gasteiger partial charge in [-0.05, 0) is 48.6 Å². The topological polar surface area (TPSA) is 138 Å². The molecule has 1 amide bonds. The fourth-order valence-electron chi connectivity index (χ4n) is 4.06. The van der Waals surface area contributed by atoms with Gasteiger partial charge in [0.1, 0.15) is 34.3 Å². The van der Waals surface area contributed by atoms with Gasteiger partial charge in [-0.3, -0.25) is 4.79 Å². The first-order valence-electron chi connectivity index (χ1n) is 12.5. The molecule has 0 radical (unpaired) electrons. The number of benzene rings is 2. The molecule has 0 bridgehead atoms. The molecule has 8 nitrogen and oxygen atoms in total. The van der Waals surface area contributed by atoms with Gasteiger partial charge in [-0.15, -0.1) is 0 Å². The van der Waals surface area contributed by atoms with Crippen LogP contribution in [0, 0.1) is 22.7 Å². The maximum atomic E-state index is 13.3. The van der Waals surface area contributed by atoms with Crippen LogP contribution in [0.15, 0.2) is 47.5 Å². The summed E-state index contributed by atoms with van der Waals surface area (Å²) < 4.78 is 6.46. The number of thiazole rings is 1. The molecule has 4 aromatic rings. The predicted octanol–water partition coefficient (Wildman–Crippen LogP) is 6.72. The molecule has 39 heavy (non-hydrogen) atoms. The number of pyridine rings is 1. The molecule has 0 fully saturated rings. The minimum absolute atomic E-state index is 0.0217. The van der Waals surface area contributed by atoms with Crippen molar-refractivity contribution in [2.24, 2.45) is 0 Å². The van der Waals surface area contributed by atoms with Gasteiger partial charge in [0.15, 0.2) is 5.13 Å². The van der Waals surface area contributed by atoms with Gasteiger partial charge in [0.2, 0.25) is 5.91 Å². The first-order chi connectivity index (χ1) is 18.8. The zero-order chi connectivity index (χ0) is 28.1. The van der Waals surface area contributed by atoms with E-state index in [1.165, 1.54) is 11.3 Å². The fraction of sp³-hybridized carbons (Fsp3) is 0.276. The molecule has 10 heteroatoms. The number of carbonyl (C=O) groups excluding carboxylic acids is 1. The van der Waals surface area contributed by atoms with E-state index in [2.05, 4.69) is 41.3 Å². The third-order valence-corrected chi connectivity index (χ3v) is 8.38. The van der Waals surface area contributed by atoms with Crippen LogP contribution in [0.5, 0.6) is 5.75 Å². The standard InChI is InChI=1S/C29H28N6O2S2/c1-5-23(27(36)35-29-33-22-12-11-19(37-6-2)13-24(22)39-29)38-28-21(15-31)25(20(14-30)26(32)34-28)18-9-7-17(8-10-18)16(3)4/h7-13,16,23H,5-6H2,1-4H3,(H2,32,34)(H,33,35,36). The minimum Gasteiger partial charge on any atom is -0.494 e. The quantitative estimate of drug-likeness (QED) is 0.217. The van der Waals surface area contributed by atoms with Gasteiger partial charge in [-0.1, -0.05) is 68.1 Å². The van der Waals surface area contributed by atoms with Crippen molar-refractivity contribution < 1.29 is 9.53 Å². The largest absolute Gasteiger partial charge is 0.494 e. The van der Waals surface area contributed by atoms with E-state index in [9.17, 15) is 15.3 Å². The summed E-state index contributed by atoms with van der Waals surface area (Å²) in [6.45, 7) is 8.56. The maximum absolute atomic E-state index is 13.3. The summed E-state index contributed by atoms with van der Waals surface area (Å²) in [7, 11) is 0. The second-order valence-electron chi connectivity index (χ2n) is 9.01. The number of hydrogen-bond donors (Lipinski definition) is 2. The summed E-state index contributed by atoms with van der Waals surface area (Å²) in [4.78, 5) is 22.2. The molecule has 1 atom stereocenters. The number of nitrogen functional groups attached to an aromatic ring is 1. The Kier molecular flexibility index (Phi) is 8.70. The fourth-order valence-corrected chi connectivity index (χ4v) is 5.98. The number of rotatable bonds is 9. The molecular formula is C29H28N6O2S2. The number of carbonyl (C=O) groups is 1. The van der Waals surface area contributed by atoms with Crippen LogP contribution < -0.4 is 15.8 Å². The molecule has 0 aliphatic rings. The molecular weight excluding hydrogens is 528 g/mol. The van der Waals surface area contributed by atoms with Crippen LogP contribution in [-0.2, 0) is 4.79 Å². The maximum Gasteiger partial charge on any atom is 0.239 e. The number of ether oxygens (including phenoxy) is 1. The molecule has 3 N–H and O–H groups in total. The number of anilines is 2. The Morgan fingerprint density at radius 2 is 1.82 bits per heavy atom. The molecule has 4 rings (SSSR count). The Morgan fingerprint density at radius 3 is 2.44 bits per heavy atom. The van der Waals surface area contributed by atoms with Crippen molar-refractivity contribution in [3.05, 3.63) is 59.2 Å². The van der Waals surface area contributed by atoms with Crippen LogP contribution in [0.1, 0.15) is 56.7 Å². The molecule has 0 aliphatic heterocycles. The molecule has 2 aromatic heterocycles. The summed E-state index contributed by atoms with van der Waals surface area (Å²) in [5.74, 6) is 0.845.